The zero-order valence-electron chi connectivity index (χ0n) is 15.5. The summed E-state index contributed by atoms with van der Waals surface area (Å²) in [5, 5.41) is 0.826. The Hall–Kier alpha value is -2.98. The maximum Gasteiger partial charge on any atom is 0.301 e. The Morgan fingerprint density at radius 3 is 2.46 bits per heavy atom. The Kier molecular flexibility index (Phi) is 4.52. The van der Waals surface area contributed by atoms with Gasteiger partial charge in [0.15, 0.2) is 0 Å². The molecule has 1 saturated carbocycles. The van der Waals surface area contributed by atoms with Crippen LogP contribution in [0.15, 0.2) is 36.5 Å². The van der Waals surface area contributed by atoms with E-state index in [1.165, 1.54) is 14.1 Å². The van der Waals surface area contributed by atoms with Gasteiger partial charge in [0.25, 0.3) is 0 Å². The number of H-pyrrole nitrogens is 1. The van der Waals surface area contributed by atoms with Crippen LogP contribution in [-0.4, -0.2) is 54.2 Å². The van der Waals surface area contributed by atoms with E-state index in [-0.39, 0.29) is 6.04 Å². The number of nitrogens with one attached hydrogen (secondary N) is 2. The lowest BCUT2D eigenvalue weighted by Crippen LogP contribution is -2.28. The minimum absolute atomic E-state index is 0.153. The summed E-state index contributed by atoms with van der Waals surface area (Å²) in [6.07, 6.45) is 4.43. The van der Waals surface area contributed by atoms with Crippen LogP contribution >= 0.6 is 0 Å². The van der Waals surface area contributed by atoms with Gasteiger partial charge in [0.05, 0.1) is 5.69 Å². The first kappa shape index (κ1) is 18.4. The lowest BCUT2D eigenvalue weighted by atomic mass is 10.1. The zero-order chi connectivity index (χ0) is 19.9. The highest BCUT2D eigenvalue weighted by atomic mass is 32.2. The van der Waals surface area contributed by atoms with E-state index >= 15 is 0 Å². The van der Waals surface area contributed by atoms with Crippen LogP contribution in [0.2, 0.25) is 0 Å². The van der Waals surface area contributed by atoms with Crippen molar-refractivity contribution in [3.63, 3.8) is 0 Å². The molecule has 0 radical (unpaired) electrons. The fourth-order valence-corrected chi connectivity index (χ4v) is 3.47. The van der Waals surface area contributed by atoms with Crippen molar-refractivity contribution in [2.45, 2.75) is 18.9 Å². The molecule has 0 saturated heterocycles. The molecule has 9 nitrogen and oxygen atoms in total. The molecule has 10 heteroatoms. The molecule has 1 fully saturated rings. The summed E-state index contributed by atoms with van der Waals surface area (Å²) in [5.74, 6) is 0.361. The van der Waals surface area contributed by atoms with Crippen molar-refractivity contribution in [1.29, 1.82) is 0 Å². The molecule has 28 heavy (non-hydrogen) atoms. The molecule has 1 amide bonds. The number of carbonyl (C=O) groups excluding carboxylic acids is 1. The molecule has 2 heterocycles. The SMILES string of the molecule is CN(C)S(=O)(=O)Nc1ccc(-c2nc(N(C=O)C3CC3)nc3[nH]ccc23)cc1. The van der Waals surface area contributed by atoms with E-state index < -0.39 is 10.2 Å². The highest BCUT2D eigenvalue weighted by Gasteiger charge is 2.31. The minimum atomic E-state index is -3.57. The van der Waals surface area contributed by atoms with Crippen molar-refractivity contribution >= 4 is 39.3 Å². The average Bonchev–Trinajstić information content (AvgIpc) is 3.38. The van der Waals surface area contributed by atoms with Crippen molar-refractivity contribution in [2.24, 2.45) is 0 Å². The van der Waals surface area contributed by atoms with Crippen LogP contribution in [0.25, 0.3) is 22.3 Å². The molecule has 0 aliphatic heterocycles. The summed E-state index contributed by atoms with van der Waals surface area (Å²) in [6, 6.07) is 8.95. The molecule has 146 valence electrons. The van der Waals surface area contributed by atoms with Crippen LogP contribution < -0.4 is 9.62 Å². The second-order valence-electron chi connectivity index (χ2n) is 6.82. The third kappa shape index (κ3) is 3.43. The maximum absolute atomic E-state index is 12.0. The maximum atomic E-state index is 12.0. The van der Waals surface area contributed by atoms with E-state index in [1.54, 1.807) is 35.4 Å². The van der Waals surface area contributed by atoms with Crippen LogP contribution in [0.4, 0.5) is 11.6 Å². The Labute approximate surface area is 162 Å². The van der Waals surface area contributed by atoms with Crippen LogP contribution in [0.3, 0.4) is 0 Å². The number of nitrogens with zero attached hydrogens (tertiary/aromatic N) is 4. The number of aromatic amines is 1. The van der Waals surface area contributed by atoms with Crippen LogP contribution in [0.5, 0.6) is 0 Å². The first-order chi connectivity index (χ1) is 13.4. The van der Waals surface area contributed by atoms with Crippen molar-refractivity contribution in [2.75, 3.05) is 23.7 Å². The molecule has 0 unspecified atom stereocenters. The molecule has 4 rings (SSSR count). The van der Waals surface area contributed by atoms with E-state index in [2.05, 4.69) is 19.7 Å². The predicted octanol–water partition coefficient (Wildman–Crippen LogP) is 1.97. The molecular weight excluding hydrogens is 380 g/mol. The number of aromatic nitrogens is 3. The van der Waals surface area contributed by atoms with Crippen molar-refractivity contribution < 1.29 is 13.2 Å². The fourth-order valence-electron chi connectivity index (χ4n) is 2.85. The first-order valence-electron chi connectivity index (χ1n) is 8.78. The quantitative estimate of drug-likeness (QED) is 0.589. The van der Waals surface area contributed by atoms with E-state index in [4.69, 9.17) is 0 Å². The molecule has 1 aliphatic carbocycles. The molecule has 0 atom stereocenters. The summed E-state index contributed by atoms with van der Waals surface area (Å²) in [6.45, 7) is 0. The summed E-state index contributed by atoms with van der Waals surface area (Å²) >= 11 is 0. The van der Waals surface area contributed by atoms with Crippen molar-refractivity contribution in [3.05, 3.63) is 36.5 Å². The number of hydrogen-bond donors (Lipinski definition) is 2. The summed E-state index contributed by atoms with van der Waals surface area (Å²) in [5.41, 5.74) is 2.56. The largest absolute Gasteiger partial charge is 0.346 e. The van der Waals surface area contributed by atoms with Gasteiger partial charge in [-0.1, -0.05) is 12.1 Å². The Balaban J connectivity index is 1.72. The number of rotatable bonds is 7. The monoisotopic (exact) mass is 400 g/mol. The third-order valence-electron chi connectivity index (χ3n) is 4.57. The molecular formula is C18H20N6O3S. The van der Waals surface area contributed by atoms with Gasteiger partial charge in [-0.05, 0) is 31.0 Å². The number of hydrogen-bond acceptors (Lipinski definition) is 5. The lowest BCUT2D eigenvalue weighted by Gasteiger charge is -2.16. The normalized spacial score (nSPS) is 14.4. The predicted molar refractivity (Wildman–Crippen MR) is 107 cm³/mol. The molecule has 1 aliphatic rings. The molecule has 2 aromatic heterocycles. The van der Waals surface area contributed by atoms with Crippen LogP contribution in [0.1, 0.15) is 12.8 Å². The molecule has 3 aromatic rings. The number of amides is 1. The molecule has 1 aromatic carbocycles. The Morgan fingerprint density at radius 1 is 1.14 bits per heavy atom. The van der Waals surface area contributed by atoms with Gasteiger partial charge in [0, 0.05) is 43.0 Å². The van der Waals surface area contributed by atoms with Gasteiger partial charge in [-0.25, -0.2) is 4.98 Å². The highest BCUT2D eigenvalue weighted by molar-refractivity contribution is 7.90. The van der Waals surface area contributed by atoms with Gasteiger partial charge < -0.3 is 4.98 Å². The summed E-state index contributed by atoms with van der Waals surface area (Å²) < 4.78 is 27.5. The van der Waals surface area contributed by atoms with Crippen molar-refractivity contribution in [3.8, 4) is 11.3 Å². The highest BCUT2D eigenvalue weighted by Crippen LogP contribution is 2.32. The van der Waals surface area contributed by atoms with Gasteiger partial charge in [-0.15, -0.1) is 0 Å². The molecule has 2 N–H and O–H groups in total. The Morgan fingerprint density at radius 2 is 1.86 bits per heavy atom. The van der Waals surface area contributed by atoms with Gasteiger partial charge in [0.1, 0.15) is 5.65 Å². The first-order valence-corrected chi connectivity index (χ1v) is 10.2. The second-order valence-corrected chi connectivity index (χ2v) is 8.71. The van der Waals surface area contributed by atoms with E-state index in [1.807, 2.05) is 6.07 Å². The zero-order valence-corrected chi connectivity index (χ0v) is 16.3. The number of anilines is 2. The lowest BCUT2D eigenvalue weighted by molar-refractivity contribution is -0.107. The number of fused-ring (bicyclic) bond motifs is 1. The molecule has 0 spiro atoms. The minimum Gasteiger partial charge on any atom is -0.346 e. The van der Waals surface area contributed by atoms with Gasteiger partial charge >= 0.3 is 10.2 Å². The number of carbonyl (C=O) groups is 1. The van der Waals surface area contributed by atoms with Gasteiger partial charge in [-0.3, -0.25) is 14.4 Å². The van der Waals surface area contributed by atoms with E-state index in [0.717, 1.165) is 34.5 Å². The van der Waals surface area contributed by atoms with E-state index in [0.29, 0.717) is 23.0 Å². The number of benzene rings is 1. The second kappa shape index (κ2) is 6.88. The smallest absolute Gasteiger partial charge is 0.301 e. The van der Waals surface area contributed by atoms with Crippen molar-refractivity contribution in [1.82, 2.24) is 19.3 Å². The fraction of sp³-hybridized carbons (Fsp3) is 0.278. The van der Waals surface area contributed by atoms with Gasteiger partial charge in [0.2, 0.25) is 12.4 Å². The van der Waals surface area contributed by atoms with Gasteiger partial charge in [-0.2, -0.15) is 17.7 Å². The van der Waals surface area contributed by atoms with E-state index in [9.17, 15) is 13.2 Å². The standard InChI is InChI=1S/C18H20N6O3S/c1-23(2)28(26,27)22-13-5-3-12(4-6-13)16-15-9-10-19-17(15)21-18(20-16)24(11-25)14-7-8-14/h3-6,9-11,14,22H,7-8H2,1-2H3,(H,19,20,21). The average molecular weight is 400 g/mol. The Bertz CT molecular complexity index is 1120. The topological polar surface area (TPSA) is 111 Å². The van der Waals surface area contributed by atoms with Crippen LogP contribution in [-0.2, 0) is 15.0 Å². The summed E-state index contributed by atoms with van der Waals surface area (Å²) in [7, 11) is -0.654. The summed E-state index contributed by atoms with van der Waals surface area (Å²) in [4.78, 5) is 25.2. The van der Waals surface area contributed by atoms with Crippen LogP contribution in [0, 0.1) is 0 Å². The third-order valence-corrected chi connectivity index (χ3v) is 6.03. The molecule has 0 bridgehead atoms.